The average molecular weight is 2000 g/mol. The van der Waals surface area contributed by atoms with Gasteiger partial charge in [0.25, 0.3) is 0 Å². The number of ether oxygens (including phenoxy) is 2. The van der Waals surface area contributed by atoms with E-state index in [0.717, 1.165) is 44.1 Å². The Morgan fingerprint density at radius 3 is 1.05 bits per heavy atom. The van der Waals surface area contributed by atoms with E-state index in [0.29, 0.717) is 148 Å². The summed E-state index contributed by atoms with van der Waals surface area (Å²) in [6.45, 7) is 140. The van der Waals surface area contributed by atoms with Gasteiger partial charge in [-0.2, -0.15) is 5.10 Å². The Morgan fingerprint density at radius 1 is 0.355 bits per heavy atom. The van der Waals surface area contributed by atoms with Gasteiger partial charge in [0, 0.05) is 80.6 Å². The third kappa shape index (κ3) is 43.6. The standard InChI is InChI=1S/C14H27NO.C13H25N.C13H22O2.C13H24.C12H25NO2S.C12H23NO.C12H23N.2C11H22N2.C11H22O2.CH4/c1-13(2,3)11-9-10(16)7-8-15-12(11)14(4,5)6;1-9-8-10(12(2,3)4)11(14-9)13(5,6)7;1-12(2,3)8-7-9(14)11(15)10(8)13(4,5)6;1-12(2,3)10-8-7-9-11(10)13(4,5)6;1-11(2,3)9-7-8-13-16(14,15)10(9)12(4,5)6;1-11(2,3)8-7-9(14)13-10(8)12(4,5)6;1-11(2,3)9-7-8-13-10(9)12(4,5)6;1-10(2,3)8-9(11(4,5)6)13-7-12-8;1-10(2,3)8-7-12-13-9(8)11(4,5)6;1-10(2,3)8-9(11(4,5)6)13-7-12-8;/h11-12,15H,7-9H2,1-6H3;10-11,14H,1,8H2,2-7H3;8,10H,7H2,1-6H3;7-8,10-11H,9H2,1-6H3;9-10,13H,7-8H2,1-6H3;8,10H,7H2,1-6H3,(H,13,14);8-10H,7H2,1-6H3;7-9H,1-6H3,(H,12,13);7-9,13H,1-6H3;8-9H,7H2,1-6H3;1H4. The number of aliphatic imine (C=N–C) groups is 2. The van der Waals surface area contributed by atoms with E-state index in [1.165, 1.54) is 12.1 Å². The van der Waals surface area contributed by atoms with Crippen LogP contribution in [0.1, 0.15) is 474 Å². The summed E-state index contributed by atoms with van der Waals surface area (Å²) in [7, 11) is -3.16. The highest BCUT2D eigenvalue weighted by molar-refractivity contribution is 7.90. The highest BCUT2D eigenvalue weighted by atomic mass is 32.2. The van der Waals surface area contributed by atoms with Gasteiger partial charge in [0.15, 0.2) is 5.78 Å². The van der Waals surface area contributed by atoms with Crippen LogP contribution in [0.25, 0.3) is 0 Å². The summed E-state index contributed by atoms with van der Waals surface area (Å²) in [5.74, 6) is 5.04. The van der Waals surface area contributed by atoms with Crippen LogP contribution in [0, 0.1) is 167 Å². The lowest BCUT2D eigenvalue weighted by atomic mass is 9.66. The Bertz CT molecular complexity index is 3750. The number of nitrogens with zero attached hydrogens (tertiary/aromatic N) is 3. The van der Waals surface area contributed by atoms with Crippen molar-refractivity contribution < 1.29 is 37.1 Å². The molecular formula is C123H239N9O8S. The molecule has 0 radical (unpaired) electrons. The van der Waals surface area contributed by atoms with E-state index in [-0.39, 0.29) is 131 Å². The van der Waals surface area contributed by atoms with Gasteiger partial charge >= 0.3 is 0 Å². The number of hydrogen-bond acceptors (Lipinski definition) is 15. The lowest BCUT2D eigenvalue weighted by Gasteiger charge is -2.45. The number of carbonyl (C=O) groups excluding carboxylic acids is 4. The highest BCUT2D eigenvalue weighted by Gasteiger charge is 2.55. The molecule has 830 valence electrons. The van der Waals surface area contributed by atoms with Crippen LogP contribution in [0.3, 0.4) is 0 Å². The first kappa shape index (κ1) is 137. The molecule has 0 aromatic rings. The van der Waals surface area contributed by atoms with E-state index in [2.05, 4.69) is 452 Å². The fraction of sp³-hybridized carbons (Fsp3) is 0.911. The van der Waals surface area contributed by atoms with Crippen molar-refractivity contribution in [1.29, 1.82) is 0 Å². The summed E-state index contributed by atoms with van der Waals surface area (Å²) in [6.07, 6.45) is 18.3. The second-order valence-corrected chi connectivity index (χ2v) is 67.4. The van der Waals surface area contributed by atoms with Crippen molar-refractivity contribution in [3.8, 4) is 0 Å². The normalized spacial score (nSPS) is 29.4. The molecule has 8 heterocycles. The van der Waals surface area contributed by atoms with Crippen LogP contribution in [0.5, 0.6) is 0 Å². The predicted molar refractivity (Wildman–Crippen MR) is 614 cm³/mol. The molecule has 5 saturated heterocycles. The molecule has 0 spiro atoms. The molecule has 8 aliphatic heterocycles. The number of ketones is 3. The van der Waals surface area contributed by atoms with Gasteiger partial charge < -0.3 is 36.2 Å². The number of allylic oxidation sites excluding steroid dienone is 3. The smallest absolute Gasteiger partial charge is 0.220 e. The summed E-state index contributed by atoms with van der Waals surface area (Å²) in [6, 6.07) is 3.14. The largest absolute Gasteiger partial charge is 0.385 e. The number of hydrogen-bond donors (Lipinski definition) is 6. The topological polar surface area (TPSA) is 230 Å². The molecule has 0 bridgehead atoms. The molecule has 0 aromatic heterocycles. The summed E-state index contributed by atoms with van der Waals surface area (Å²) < 4.78 is 38.3. The fourth-order valence-electron chi connectivity index (χ4n) is 22.7. The number of rotatable bonds is 0. The van der Waals surface area contributed by atoms with Gasteiger partial charge in [0.1, 0.15) is 12.6 Å². The van der Waals surface area contributed by atoms with Crippen LogP contribution in [0.4, 0.5) is 0 Å². The molecule has 10 rings (SSSR count). The summed E-state index contributed by atoms with van der Waals surface area (Å²) in [4.78, 5) is 55.8. The minimum absolute atomic E-state index is 0. The van der Waals surface area contributed by atoms with Crippen molar-refractivity contribution in [3.63, 3.8) is 0 Å². The van der Waals surface area contributed by atoms with Crippen molar-refractivity contribution in [1.82, 2.24) is 31.4 Å². The molecule has 20 unspecified atom stereocenters. The second kappa shape index (κ2) is 49.5. The third-order valence-corrected chi connectivity index (χ3v) is 33.4. The second-order valence-electron chi connectivity index (χ2n) is 65.6. The lowest BCUT2D eigenvalue weighted by Crippen LogP contribution is -2.54. The van der Waals surface area contributed by atoms with E-state index >= 15 is 0 Å². The fourth-order valence-corrected chi connectivity index (χ4v) is 25.2. The Morgan fingerprint density at radius 2 is 0.745 bits per heavy atom. The number of Topliss-reactive ketones (excluding diaryl/α,β-unsaturated/α-hetero) is 3. The molecule has 18 heteroatoms. The summed E-state index contributed by atoms with van der Waals surface area (Å²) in [5, 5.41) is 17.5. The zero-order valence-electron chi connectivity index (χ0n) is 103. The van der Waals surface area contributed by atoms with Crippen molar-refractivity contribution in [3.05, 3.63) is 24.4 Å². The number of amides is 1. The Balaban J connectivity index is 0.00000154. The van der Waals surface area contributed by atoms with Gasteiger partial charge in [-0.25, -0.2) is 13.1 Å². The molecule has 1 saturated carbocycles. The molecule has 6 N–H and O–H groups in total. The average Bonchev–Trinajstić information content (AvgIpc) is 1.50. The predicted octanol–water partition coefficient (Wildman–Crippen LogP) is 30.8. The highest BCUT2D eigenvalue weighted by Crippen LogP contribution is 2.53. The van der Waals surface area contributed by atoms with Crippen molar-refractivity contribution >= 4 is 52.0 Å². The van der Waals surface area contributed by atoms with Crippen LogP contribution >= 0.6 is 0 Å². The Hall–Kier alpha value is -3.84. The molecule has 10 aliphatic rings. The van der Waals surface area contributed by atoms with E-state index in [1.54, 1.807) is 0 Å². The molecular weight excluding hydrogens is 1760 g/mol. The first-order chi connectivity index (χ1) is 61.5. The summed E-state index contributed by atoms with van der Waals surface area (Å²) >= 11 is 0. The van der Waals surface area contributed by atoms with Gasteiger partial charge in [0.05, 0.1) is 48.0 Å². The minimum Gasteiger partial charge on any atom is -0.385 e. The third-order valence-electron chi connectivity index (χ3n) is 31.1. The lowest BCUT2D eigenvalue weighted by molar-refractivity contribution is -0.137. The Labute approximate surface area is 875 Å². The SMILES string of the molecule is C.C=C1CC(C(C)(C)C)C(C(C)(C)C)N1.CC(C)(C)C1C=CCC1C(C)(C)C.CC(C)(C)C1C=NNC1C(C)(C)C.CC(C)(C)C1CC(=O)C(=O)C1C(C)(C)C.CC(C)(C)C1CC(=O)CCNC1C(C)(C)C.CC(C)(C)C1CC(=O)NC1C(C)(C)C.CC(C)(C)C1CC=NC1C(C)(C)C.CC(C)(C)C1CCNS(=O)(=O)C1C(C)(C)C.CC(C)(C)C1N=CNC1C(C)(C)C.CC(C)(C)C1OCOC1C(C)(C)C. The molecule has 17 nitrogen and oxygen atoms in total. The zero-order chi connectivity index (χ0) is 111. The molecule has 2 aliphatic carbocycles. The van der Waals surface area contributed by atoms with Crippen molar-refractivity contribution in [2.75, 3.05) is 19.9 Å². The number of sulfonamides is 1. The number of carbonyl (C=O) groups is 4. The van der Waals surface area contributed by atoms with Crippen molar-refractivity contribution in [2.45, 2.75) is 534 Å². The first-order valence-corrected chi connectivity index (χ1v) is 56.1. The van der Waals surface area contributed by atoms with Gasteiger partial charge in [-0.3, -0.25) is 29.2 Å². The van der Waals surface area contributed by atoms with Gasteiger partial charge in [-0.05, 0) is 188 Å². The van der Waals surface area contributed by atoms with Crippen molar-refractivity contribution in [2.24, 2.45) is 183 Å². The van der Waals surface area contributed by atoms with Crippen LogP contribution in [-0.2, 0) is 38.7 Å². The molecule has 0 aromatic carbocycles. The van der Waals surface area contributed by atoms with Crippen LogP contribution in [0.15, 0.2) is 39.5 Å². The summed E-state index contributed by atoms with van der Waals surface area (Å²) in [5.41, 5.74) is 8.58. The molecule has 1 amide bonds. The van der Waals surface area contributed by atoms with Crippen LogP contribution in [0.2, 0.25) is 0 Å². The molecule has 20 atom stereocenters. The molecule has 141 heavy (non-hydrogen) atoms. The van der Waals surface area contributed by atoms with Gasteiger partial charge in [-0.15, -0.1) is 0 Å². The van der Waals surface area contributed by atoms with E-state index < -0.39 is 10.0 Å². The first-order valence-electron chi connectivity index (χ1n) is 54.5. The zero-order valence-corrected chi connectivity index (χ0v) is 104. The maximum Gasteiger partial charge on any atom is 0.220 e. The van der Waals surface area contributed by atoms with E-state index in [4.69, 9.17) is 9.47 Å². The molecule has 6 fully saturated rings. The maximum absolute atomic E-state index is 12.2. The number of nitrogens with one attached hydrogen (secondary N) is 6. The Kier molecular flexibility index (Phi) is 48.2. The maximum atomic E-state index is 12.2. The van der Waals surface area contributed by atoms with Crippen LogP contribution < -0.4 is 31.4 Å². The number of hydrazone groups is 1. The van der Waals surface area contributed by atoms with Crippen LogP contribution in [-0.4, -0.2) is 130 Å². The van der Waals surface area contributed by atoms with Gasteiger partial charge in [0.2, 0.25) is 21.7 Å². The monoisotopic (exact) mass is 2000 g/mol. The quantitative estimate of drug-likeness (QED) is 0.0983. The van der Waals surface area contributed by atoms with E-state index in [9.17, 15) is 27.6 Å². The van der Waals surface area contributed by atoms with Gasteiger partial charge in [-0.1, -0.05) is 442 Å². The van der Waals surface area contributed by atoms with E-state index in [1.807, 2.05) is 47.9 Å². The minimum atomic E-state index is -3.16.